The van der Waals surface area contributed by atoms with Gasteiger partial charge in [-0.25, -0.2) is 0 Å². The third-order valence-corrected chi connectivity index (χ3v) is 2.96. The molecule has 5 nitrogen and oxygen atoms in total. The summed E-state index contributed by atoms with van der Waals surface area (Å²) in [6, 6.07) is 7.26. The van der Waals surface area contributed by atoms with Gasteiger partial charge in [0, 0.05) is 6.54 Å². The van der Waals surface area contributed by atoms with Crippen LogP contribution in [0.25, 0.3) is 0 Å². The van der Waals surface area contributed by atoms with Gasteiger partial charge in [-0.2, -0.15) is 0 Å². The zero-order chi connectivity index (χ0) is 13.0. The van der Waals surface area contributed by atoms with Gasteiger partial charge in [0.25, 0.3) is 5.91 Å². The van der Waals surface area contributed by atoms with Crippen molar-refractivity contribution in [1.82, 2.24) is 4.90 Å². The van der Waals surface area contributed by atoms with E-state index in [0.717, 1.165) is 0 Å². The second-order valence-corrected chi connectivity index (χ2v) is 4.34. The van der Waals surface area contributed by atoms with Crippen LogP contribution in [-0.2, 0) is 9.53 Å². The highest BCUT2D eigenvalue weighted by atomic mass is 16.5. The fourth-order valence-electron chi connectivity index (χ4n) is 1.93. The third kappa shape index (κ3) is 2.92. The maximum atomic E-state index is 12.0. The number of ether oxygens (including phenoxy) is 2. The highest BCUT2D eigenvalue weighted by Crippen LogP contribution is 2.19. The summed E-state index contributed by atoms with van der Waals surface area (Å²) in [5.74, 6) is 0.515. The zero-order valence-corrected chi connectivity index (χ0v) is 10.5. The number of nitrogens with two attached hydrogens (primary N) is 1. The van der Waals surface area contributed by atoms with E-state index in [1.807, 2.05) is 19.1 Å². The highest BCUT2D eigenvalue weighted by molar-refractivity contribution is 5.78. The Kier molecular flexibility index (Phi) is 4.04. The van der Waals surface area contributed by atoms with Crippen LogP contribution in [0.3, 0.4) is 0 Å². The van der Waals surface area contributed by atoms with Crippen LogP contribution in [0.5, 0.6) is 5.75 Å². The van der Waals surface area contributed by atoms with Gasteiger partial charge >= 0.3 is 0 Å². The molecule has 1 aliphatic heterocycles. The number of nitrogens with zero attached hydrogens (tertiary/aromatic N) is 1. The molecule has 0 saturated carbocycles. The summed E-state index contributed by atoms with van der Waals surface area (Å²) in [5.41, 5.74) is 6.28. The summed E-state index contributed by atoms with van der Waals surface area (Å²) >= 11 is 0. The van der Waals surface area contributed by atoms with Gasteiger partial charge in [-0.15, -0.1) is 0 Å². The topological polar surface area (TPSA) is 64.8 Å². The first-order chi connectivity index (χ1) is 8.68. The average Bonchev–Trinajstić information content (AvgIpc) is 2.38. The van der Waals surface area contributed by atoms with Crippen molar-refractivity contribution >= 4 is 11.6 Å². The summed E-state index contributed by atoms with van der Waals surface area (Å²) in [5, 5.41) is 0. The second-order valence-electron chi connectivity index (χ2n) is 4.34. The smallest absolute Gasteiger partial charge is 0.260 e. The summed E-state index contributed by atoms with van der Waals surface area (Å²) in [7, 11) is 0. The lowest BCUT2D eigenvalue weighted by Crippen LogP contribution is -2.48. The van der Waals surface area contributed by atoms with Gasteiger partial charge in [0.1, 0.15) is 5.75 Å². The molecule has 1 saturated heterocycles. The Balaban J connectivity index is 1.90. The summed E-state index contributed by atoms with van der Waals surface area (Å²) in [6.45, 7) is 3.77. The third-order valence-electron chi connectivity index (χ3n) is 2.96. The molecule has 1 aromatic rings. The van der Waals surface area contributed by atoms with Crippen molar-refractivity contribution in [2.75, 3.05) is 32.1 Å². The molecule has 1 fully saturated rings. The van der Waals surface area contributed by atoms with Crippen molar-refractivity contribution in [3.63, 3.8) is 0 Å². The number of para-hydroxylation sites is 2. The molecule has 1 amide bonds. The molecule has 18 heavy (non-hydrogen) atoms. The van der Waals surface area contributed by atoms with Crippen LogP contribution in [-0.4, -0.2) is 43.2 Å². The molecule has 5 heteroatoms. The summed E-state index contributed by atoms with van der Waals surface area (Å²) in [4.78, 5) is 13.8. The minimum Gasteiger partial charge on any atom is -0.482 e. The van der Waals surface area contributed by atoms with Gasteiger partial charge in [-0.05, 0) is 19.1 Å². The van der Waals surface area contributed by atoms with E-state index < -0.39 is 0 Å². The Morgan fingerprint density at radius 2 is 2.33 bits per heavy atom. The Hall–Kier alpha value is -1.75. The van der Waals surface area contributed by atoms with Crippen molar-refractivity contribution in [2.45, 2.75) is 13.0 Å². The number of hydrogen-bond acceptors (Lipinski definition) is 4. The van der Waals surface area contributed by atoms with Crippen molar-refractivity contribution in [3.8, 4) is 5.75 Å². The first kappa shape index (κ1) is 12.7. The van der Waals surface area contributed by atoms with Gasteiger partial charge in [0.05, 0.1) is 24.9 Å². The van der Waals surface area contributed by atoms with E-state index in [1.54, 1.807) is 17.0 Å². The van der Waals surface area contributed by atoms with Crippen LogP contribution in [0.15, 0.2) is 24.3 Å². The van der Waals surface area contributed by atoms with Crippen LogP contribution in [0, 0.1) is 0 Å². The Morgan fingerprint density at radius 3 is 3.06 bits per heavy atom. The first-order valence-electron chi connectivity index (χ1n) is 6.03. The molecular formula is C13H18N2O3. The molecule has 0 bridgehead atoms. The highest BCUT2D eigenvalue weighted by Gasteiger charge is 2.23. The molecule has 1 atom stereocenters. The first-order valence-corrected chi connectivity index (χ1v) is 6.03. The molecule has 0 aliphatic carbocycles. The van der Waals surface area contributed by atoms with E-state index in [0.29, 0.717) is 31.2 Å². The lowest BCUT2D eigenvalue weighted by molar-refractivity contribution is -0.141. The number of morpholine rings is 1. The molecule has 0 spiro atoms. The summed E-state index contributed by atoms with van der Waals surface area (Å²) in [6.07, 6.45) is 0. The fourth-order valence-corrected chi connectivity index (χ4v) is 1.93. The second kappa shape index (κ2) is 5.73. The van der Waals surface area contributed by atoms with Crippen LogP contribution < -0.4 is 10.5 Å². The van der Waals surface area contributed by atoms with E-state index in [4.69, 9.17) is 15.2 Å². The van der Waals surface area contributed by atoms with E-state index >= 15 is 0 Å². The van der Waals surface area contributed by atoms with E-state index in [-0.39, 0.29) is 18.6 Å². The monoisotopic (exact) mass is 250 g/mol. The van der Waals surface area contributed by atoms with E-state index in [2.05, 4.69) is 0 Å². The normalized spacial score (nSPS) is 19.6. The maximum Gasteiger partial charge on any atom is 0.260 e. The van der Waals surface area contributed by atoms with Crippen LogP contribution >= 0.6 is 0 Å². The van der Waals surface area contributed by atoms with Crippen molar-refractivity contribution < 1.29 is 14.3 Å². The number of nitrogen functional groups attached to an aromatic ring is 1. The Bertz CT molecular complexity index is 422. The number of carbonyl (C=O) groups is 1. The summed E-state index contributed by atoms with van der Waals surface area (Å²) < 4.78 is 10.7. The predicted molar refractivity (Wildman–Crippen MR) is 68.3 cm³/mol. The van der Waals surface area contributed by atoms with Gasteiger partial charge in [0.2, 0.25) is 0 Å². The molecule has 98 valence electrons. The van der Waals surface area contributed by atoms with Gasteiger partial charge < -0.3 is 20.1 Å². The molecule has 1 heterocycles. The van der Waals surface area contributed by atoms with Crippen molar-refractivity contribution in [1.29, 1.82) is 0 Å². The zero-order valence-electron chi connectivity index (χ0n) is 10.5. The van der Waals surface area contributed by atoms with Gasteiger partial charge in [-0.3, -0.25) is 4.79 Å². The SMILES string of the molecule is C[C@@H]1COCCN1C(=O)COc1ccccc1N. The quantitative estimate of drug-likeness (QED) is 0.809. The number of carbonyl (C=O) groups excluding carboxylic acids is 1. The Labute approximate surface area is 106 Å². The minimum absolute atomic E-state index is 0.0125. The van der Waals surface area contributed by atoms with Crippen LogP contribution in [0.4, 0.5) is 5.69 Å². The lowest BCUT2D eigenvalue weighted by Gasteiger charge is -2.33. The van der Waals surface area contributed by atoms with Crippen molar-refractivity contribution in [2.24, 2.45) is 0 Å². The fraction of sp³-hybridized carbons (Fsp3) is 0.462. The molecule has 1 aliphatic rings. The predicted octanol–water partition coefficient (Wildman–Crippen LogP) is 0.895. The average molecular weight is 250 g/mol. The molecule has 2 N–H and O–H groups in total. The molecular weight excluding hydrogens is 232 g/mol. The van der Waals surface area contributed by atoms with Gasteiger partial charge in [0.15, 0.2) is 6.61 Å². The van der Waals surface area contributed by atoms with Crippen LogP contribution in [0.1, 0.15) is 6.92 Å². The molecule has 2 rings (SSSR count). The maximum absolute atomic E-state index is 12.0. The Morgan fingerprint density at radius 1 is 1.56 bits per heavy atom. The number of benzene rings is 1. The largest absolute Gasteiger partial charge is 0.482 e. The number of anilines is 1. The number of amides is 1. The van der Waals surface area contributed by atoms with Crippen LogP contribution in [0.2, 0.25) is 0 Å². The molecule has 0 aromatic heterocycles. The van der Waals surface area contributed by atoms with E-state index in [9.17, 15) is 4.79 Å². The molecule has 0 unspecified atom stereocenters. The number of hydrogen-bond donors (Lipinski definition) is 1. The molecule has 1 aromatic carbocycles. The minimum atomic E-state index is -0.0333. The lowest BCUT2D eigenvalue weighted by atomic mass is 10.2. The molecule has 0 radical (unpaired) electrons. The standard InChI is InChI=1S/C13H18N2O3/c1-10-8-17-7-6-15(10)13(16)9-18-12-5-3-2-4-11(12)14/h2-5,10H,6-9,14H2,1H3/t10-/m1/s1. The van der Waals surface area contributed by atoms with E-state index in [1.165, 1.54) is 0 Å². The van der Waals surface area contributed by atoms with Gasteiger partial charge in [-0.1, -0.05) is 12.1 Å². The number of rotatable bonds is 3. The van der Waals surface area contributed by atoms with Crippen molar-refractivity contribution in [3.05, 3.63) is 24.3 Å².